The second-order valence-electron chi connectivity index (χ2n) is 6.21. The Bertz CT molecular complexity index is 905. The standard InChI is InChI=1S/C19H19F2N3O5/c1-27-14-5-3-13(4-6-14)24(9-8-17(22)25)11-18(26)23-12-2-7-15-16(10-12)29-19(20,21)28-15/h2-7,10H,8-9,11H2,1H3,(H2,22,25)(H,23,26). The second kappa shape index (κ2) is 8.21. The van der Waals surface area contributed by atoms with E-state index >= 15 is 0 Å². The molecule has 1 aliphatic heterocycles. The van der Waals surface area contributed by atoms with Crippen LogP contribution in [0.15, 0.2) is 42.5 Å². The molecule has 2 aromatic rings. The number of ether oxygens (including phenoxy) is 3. The number of carbonyl (C=O) groups is 2. The van der Waals surface area contributed by atoms with E-state index in [9.17, 15) is 18.4 Å². The van der Waals surface area contributed by atoms with Crippen molar-refractivity contribution in [1.82, 2.24) is 0 Å². The molecular formula is C19H19F2N3O5. The van der Waals surface area contributed by atoms with Crippen LogP contribution in [0.4, 0.5) is 20.2 Å². The third-order valence-corrected chi connectivity index (χ3v) is 4.09. The summed E-state index contributed by atoms with van der Waals surface area (Å²) in [6.45, 7) is 0.132. The highest BCUT2D eigenvalue weighted by Crippen LogP contribution is 2.42. The molecule has 0 bridgehead atoms. The Hall–Kier alpha value is -3.56. The Morgan fingerprint density at radius 3 is 2.48 bits per heavy atom. The topological polar surface area (TPSA) is 103 Å². The molecule has 1 aliphatic rings. The number of alkyl halides is 2. The number of primary amides is 1. The van der Waals surface area contributed by atoms with Crippen molar-refractivity contribution >= 4 is 23.2 Å². The third-order valence-electron chi connectivity index (χ3n) is 4.09. The van der Waals surface area contributed by atoms with Gasteiger partial charge in [0.25, 0.3) is 0 Å². The van der Waals surface area contributed by atoms with E-state index in [0.717, 1.165) is 0 Å². The van der Waals surface area contributed by atoms with Gasteiger partial charge in [-0.1, -0.05) is 0 Å². The van der Waals surface area contributed by atoms with Gasteiger partial charge in [-0.3, -0.25) is 9.59 Å². The van der Waals surface area contributed by atoms with E-state index in [0.29, 0.717) is 11.4 Å². The Morgan fingerprint density at radius 2 is 1.83 bits per heavy atom. The summed E-state index contributed by atoms with van der Waals surface area (Å²) in [5.74, 6) is -0.565. The van der Waals surface area contributed by atoms with Crippen molar-refractivity contribution in [2.45, 2.75) is 12.7 Å². The number of nitrogens with two attached hydrogens (primary N) is 1. The van der Waals surface area contributed by atoms with Crippen molar-refractivity contribution in [3.8, 4) is 17.2 Å². The van der Waals surface area contributed by atoms with E-state index in [1.54, 1.807) is 29.2 Å². The van der Waals surface area contributed by atoms with Crippen LogP contribution in [-0.2, 0) is 9.59 Å². The van der Waals surface area contributed by atoms with E-state index in [1.807, 2.05) is 0 Å². The van der Waals surface area contributed by atoms with Crippen molar-refractivity contribution in [2.75, 3.05) is 30.4 Å². The predicted molar refractivity (Wildman–Crippen MR) is 100 cm³/mol. The molecule has 0 saturated heterocycles. The molecule has 29 heavy (non-hydrogen) atoms. The van der Waals surface area contributed by atoms with E-state index in [-0.39, 0.29) is 36.7 Å². The minimum atomic E-state index is -3.73. The van der Waals surface area contributed by atoms with Crippen molar-refractivity contribution in [3.05, 3.63) is 42.5 Å². The first-order chi connectivity index (χ1) is 13.8. The van der Waals surface area contributed by atoms with E-state index < -0.39 is 18.1 Å². The SMILES string of the molecule is COc1ccc(N(CCC(N)=O)CC(=O)Nc2ccc3c(c2)OC(F)(F)O3)cc1. The Labute approximate surface area is 165 Å². The van der Waals surface area contributed by atoms with Gasteiger partial charge in [0.1, 0.15) is 5.75 Å². The molecular weight excluding hydrogens is 388 g/mol. The van der Waals surface area contributed by atoms with Gasteiger partial charge in [-0.15, -0.1) is 8.78 Å². The van der Waals surface area contributed by atoms with Gasteiger partial charge in [0.05, 0.1) is 13.7 Å². The largest absolute Gasteiger partial charge is 0.586 e. The number of amides is 2. The lowest BCUT2D eigenvalue weighted by Gasteiger charge is -2.24. The van der Waals surface area contributed by atoms with Crippen LogP contribution in [0.2, 0.25) is 0 Å². The highest BCUT2D eigenvalue weighted by atomic mass is 19.3. The number of anilines is 2. The summed E-state index contributed by atoms with van der Waals surface area (Å²) >= 11 is 0. The first kappa shape index (κ1) is 20.2. The number of methoxy groups -OCH3 is 1. The Morgan fingerprint density at radius 1 is 1.14 bits per heavy atom. The Balaban J connectivity index is 1.68. The molecule has 0 aromatic heterocycles. The fourth-order valence-electron chi connectivity index (χ4n) is 2.74. The smallest absolute Gasteiger partial charge is 0.497 e. The van der Waals surface area contributed by atoms with Gasteiger partial charge < -0.3 is 30.2 Å². The molecule has 1 heterocycles. The molecule has 0 spiro atoms. The van der Waals surface area contributed by atoms with Crippen molar-refractivity contribution in [2.24, 2.45) is 5.73 Å². The average molecular weight is 407 g/mol. The van der Waals surface area contributed by atoms with Gasteiger partial charge in [0, 0.05) is 30.4 Å². The maximum Gasteiger partial charge on any atom is 0.586 e. The van der Waals surface area contributed by atoms with Crippen LogP contribution < -0.4 is 30.2 Å². The zero-order valence-corrected chi connectivity index (χ0v) is 15.5. The lowest BCUT2D eigenvalue weighted by atomic mass is 10.2. The number of carbonyl (C=O) groups excluding carboxylic acids is 2. The van der Waals surface area contributed by atoms with Gasteiger partial charge in [-0.2, -0.15) is 0 Å². The maximum absolute atomic E-state index is 13.1. The first-order valence-corrected chi connectivity index (χ1v) is 8.63. The molecule has 154 valence electrons. The summed E-state index contributed by atoms with van der Waals surface area (Å²) in [6.07, 6.45) is -3.68. The summed E-state index contributed by atoms with van der Waals surface area (Å²) in [6, 6.07) is 10.9. The fourth-order valence-corrected chi connectivity index (χ4v) is 2.74. The third kappa shape index (κ3) is 5.24. The number of nitrogens with zero attached hydrogens (tertiary/aromatic N) is 1. The summed E-state index contributed by atoms with van der Waals surface area (Å²) < 4.78 is 40.0. The van der Waals surface area contributed by atoms with Crippen molar-refractivity contribution < 1.29 is 32.6 Å². The molecule has 0 atom stereocenters. The number of fused-ring (bicyclic) bond motifs is 1. The molecule has 3 rings (SSSR count). The fraction of sp³-hybridized carbons (Fsp3) is 0.263. The lowest BCUT2D eigenvalue weighted by molar-refractivity contribution is -0.286. The van der Waals surface area contributed by atoms with Crippen molar-refractivity contribution in [3.63, 3.8) is 0 Å². The van der Waals surface area contributed by atoms with Gasteiger partial charge in [-0.25, -0.2) is 0 Å². The normalized spacial score (nSPS) is 13.6. The predicted octanol–water partition coefficient (Wildman–Crippen LogP) is 2.34. The van der Waals surface area contributed by atoms with Crippen LogP contribution in [0.3, 0.4) is 0 Å². The molecule has 0 unspecified atom stereocenters. The van der Waals surface area contributed by atoms with Crippen molar-refractivity contribution in [1.29, 1.82) is 0 Å². The maximum atomic E-state index is 13.1. The number of benzene rings is 2. The molecule has 0 radical (unpaired) electrons. The zero-order valence-electron chi connectivity index (χ0n) is 15.5. The summed E-state index contributed by atoms with van der Waals surface area (Å²) in [5.41, 5.74) is 6.17. The van der Waals surface area contributed by atoms with E-state index in [1.165, 1.54) is 25.3 Å². The molecule has 2 aromatic carbocycles. The van der Waals surface area contributed by atoms with Gasteiger partial charge in [0.2, 0.25) is 11.8 Å². The van der Waals surface area contributed by atoms with Crippen LogP contribution in [0, 0.1) is 0 Å². The van der Waals surface area contributed by atoms with Gasteiger partial charge >= 0.3 is 6.29 Å². The minimum Gasteiger partial charge on any atom is -0.497 e. The lowest BCUT2D eigenvalue weighted by Crippen LogP contribution is -2.35. The molecule has 3 N–H and O–H groups in total. The van der Waals surface area contributed by atoms with Crippen LogP contribution >= 0.6 is 0 Å². The van der Waals surface area contributed by atoms with Crippen LogP contribution in [0.1, 0.15) is 6.42 Å². The van der Waals surface area contributed by atoms with Gasteiger partial charge in [0.15, 0.2) is 11.5 Å². The number of nitrogens with one attached hydrogen (secondary N) is 1. The van der Waals surface area contributed by atoms with E-state index in [4.69, 9.17) is 10.5 Å². The highest BCUT2D eigenvalue weighted by molar-refractivity contribution is 5.94. The summed E-state index contributed by atoms with van der Waals surface area (Å²) in [5, 5.41) is 2.61. The zero-order chi connectivity index (χ0) is 21.0. The highest BCUT2D eigenvalue weighted by Gasteiger charge is 2.43. The molecule has 2 amide bonds. The number of halogens is 2. The number of hydrogen-bond acceptors (Lipinski definition) is 6. The van der Waals surface area contributed by atoms with Crippen LogP contribution in [-0.4, -0.2) is 38.3 Å². The molecule has 0 saturated carbocycles. The van der Waals surface area contributed by atoms with Crippen LogP contribution in [0.25, 0.3) is 0 Å². The monoisotopic (exact) mass is 407 g/mol. The molecule has 8 nitrogen and oxygen atoms in total. The number of rotatable bonds is 8. The Kier molecular flexibility index (Phi) is 5.71. The molecule has 10 heteroatoms. The molecule has 0 aliphatic carbocycles. The second-order valence-corrected chi connectivity index (χ2v) is 6.21. The first-order valence-electron chi connectivity index (χ1n) is 8.63. The minimum absolute atomic E-state index is 0.0540. The van der Waals surface area contributed by atoms with Crippen LogP contribution in [0.5, 0.6) is 17.2 Å². The quantitative estimate of drug-likeness (QED) is 0.696. The van der Waals surface area contributed by atoms with E-state index in [2.05, 4.69) is 14.8 Å². The average Bonchev–Trinajstić information content (AvgIpc) is 2.98. The summed E-state index contributed by atoms with van der Waals surface area (Å²) in [7, 11) is 1.54. The van der Waals surface area contributed by atoms with Gasteiger partial charge in [-0.05, 0) is 36.4 Å². The summed E-state index contributed by atoms with van der Waals surface area (Å²) in [4.78, 5) is 25.3. The number of hydrogen-bond donors (Lipinski definition) is 2. The molecule has 0 fully saturated rings.